The van der Waals surface area contributed by atoms with E-state index in [0.29, 0.717) is 6.61 Å². The normalized spacial score (nSPS) is 13.8. The monoisotopic (exact) mass is 870 g/mol. The van der Waals surface area contributed by atoms with Gasteiger partial charge in [-0.3, -0.25) is 14.6 Å². The van der Waals surface area contributed by atoms with Crippen molar-refractivity contribution in [2.45, 2.75) is 116 Å². The van der Waals surface area contributed by atoms with Crippen molar-refractivity contribution in [2.75, 3.05) is 7.11 Å². The van der Waals surface area contributed by atoms with E-state index in [1.807, 2.05) is 38.1 Å². The summed E-state index contributed by atoms with van der Waals surface area (Å²) in [7, 11) is 1.61. The maximum Gasteiger partial charge on any atom is 0.305 e. The molecule has 0 spiro atoms. The van der Waals surface area contributed by atoms with Crippen LogP contribution in [0.15, 0.2) is 84.9 Å². The van der Waals surface area contributed by atoms with Gasteiger partial charge in [-0.15, -0.1) is 0 Å². The lowest BCUT2D eigenvalue weighted by atomic mass is 9.87. The maximum atomic E-state index is 13.7. The topological polar surface area (TPSA) is 183 Å². The van der Waals surface area contributed by atoms with Gasteiger partial charge in [-0.25, -0.2) is 8.78 Å². The van der Waals surface area contributed by atoms with Gasteiger partial charge in [0.2, 0.25) is 0 Å². The zero-order valence-corrected chi connectivity index (χ0v) is 36.9. The number of aromatic nitrogens is 2. The molecule has 5 aromatic rings. The molecule has 0 amide bonds. The number of para-hydroxylation sites is 1. The minimum atomic E-state index is -1.16. The van der Waals surface area contributed by atoms with Crippen molar-refractivity contribution in [3.63, 3.8) is 0 Å². The molecule has 0 unspecified atom stereocenters. The highest BCUT2D eigenvalue weighted by atomic mass is 19.1. The van der Waals surface area contributed by atoms with E-state index >= 15 is 0 Å². The number of fused-ring (bicyclic) bond motifs is 1. The van der Waals surface area contributed by atoms with Gasteiger partial charge >= 0.3 is 11.9 Å². The number of carbonyl (C=O) groups is 2. The van der Waals surface area contributed by atoms with Gasteiger partial charge in [0.15, 0.2) is 0 Å². The van der Waals surface area contributed by atoms with Crippen LogP contribution in [0, 0.1) is 11.6 Å². The standard InChI is InChI=1S/C26H34FNO5.C24H26FNO4/c1-15(2)25-21(11-10-19(29)12-20(30)13-23(31)32)24(17-6-8-18(27)9-7-17)22(14-33-5)26(28-25)16(3)4;1-15(2)26-21-6-4-3-5-20(21)24(16-7-9-17(25)10-8-16)22(26)12-11-18(27)13-19(28)14-23(29)30/h6-11,15-16,19-20,29-30H,12-14H2,1-5H3,(H,31,32);3-12,15,18-19,27-28H,13-14H2,1-2H3,(H,29,30)/b11-10+;12-11+/t19-,20-;18-,19-/m11/s1. The fourth-order valence-corrected chi connectivity index (χ4v) is 7.62. The molecule has 4 atom stereocenters. The molecule has 63 heavy (non-hydrogen) atoms. The molecule has 2 heterocycles. The van der Waals surface area contributed by atoms with Gasteiger partial charge in [0, 0.05) is 65.0 Å². The zero-order valence-electron chi connectivity index (χ0n) is 36.9. The predicted octanol–water partition coefficient (Wildman–Crippen LogP) is 9.51. The lowest BCUT2D eigenvalue weighted by molar-refractivity contribution is -0.140. The summed E-state index contributed by atoms with van der Waals surface area (Å²) in [6.07, 6.45) is 1.27. The molecule has 11 nitrogen and oxygen atoms in total. The summed E-state index contributed by atoms with van der Waals surface area (Å²) in [6, 6.07) is 20.6. The highest BCUT2D eigenvalue weighted by molar-refractivity contribution is 6.01. The number of methoxy groups -OCH3 is 1. The highest BCUT2D eigenvalue weighted by Gasteiger charge is 2.24. The number of carboxylic acids is 2. The van der Waals surface area contributed by atoms with Crippen LogP contribution in [0.1, 0.15) is 113 Å². The Balaban J connectivity index is 0.000000278. The number of nitrogens with zero attached hydrogens (tertiary/aromatic N) is 2. The minimum absolute atomic E-state index is 0.0627. The average molecular weight is 871 g/mol. The van der Waals surface area contributed by atoms with E-state index in [1.165, 1.54) is 30.3 Å². The SMILES string of the molecule is CC(C)n1c(/C=C/[C@@H](O)C[C@@H](O)CC(=O)O)c(-c2ccc(F)cc2)c2ccccc21.COCc1c(C(C)C)nc(C(C)C)c(/C=C/[C@@H](O)C[C@@H](O)CC(=O)O)c1-c1ccc(F)cc1. The second-order valence-corrected chi connectivity index (χ2v) is 16.5. The molecular formula is C50H60F2N2O9. The molecule has 0 saturated heterocycles. The van der Waals surface area contributed by atoms with Crippen LogP contribution in [-0.2, 0) is 20.9 Å². The van der Waals surface area contributed by atoms with Crippen molar-refractivity contribution in [2.24, 2.45) is 0 Å². The van der Waals surface area contributed by atoms with E-state index in [1.54, 1.807) is 49.6 Å². The number of benzene rings is 3. The lowest BCUT2D eigenvalue weighted by Crippen LogP contribution is -2.19. The number of aliphatic hydroxyl groups is 4. The van der Waals surface area contributed by atoms with Crippen molar-refractivity contribution in [1.82, 2.24) is 9.55 Å². The van der Waals surface area contributed by atoms with Gasteiger partial charge in [-0.1, -0.05) is 88.4 Å². The Bertz CT molecular complexity index is 2350. The summed E-state index contributed by atoms with van der Waals surface area (Å²) in [6.45, 7) is 12.6. The predicted molar refractivity (Wildman–Crippen MR) is 242 cm³/mol. The van der Waals surface area contributed by atoms with Crippen LogP contribution in [0.2, 0.25) is 0 Å². The number of carboxylic acid groups (broad SMARTS) is 2. The zero-order chi connectivity index (χ0) is 46.5. The number of hydrogen-bond donors (Lipinski definition) is 6. The first-order chi connectivity index (χ1) is 29.8. The van der Waals surface area contributed by atoms with E-state index in [-0.39, 0.29) is 42.4 Å². The molecule has 0 bridgehead atoms. The number of hydrogen-bond acceptors (Lipinski definition) is 8. The van der Waals surface area contributed by atoms with Crippen molar-refractivity contribution in [3.8, 4) is 22.3 Å². The summed E-state index contributed by atoms with van der Waals surface area (Å²) in [5.41, 5.74) is 8.70. The van der Waals surface area contributed by atoms with Crippen LogP contribution in [0.3, 0.4) is 0 Å². The van der Waals surface area contributed by atoms with Crippen LogP contribution in [0.25, 0.3) is 45.3 Å². The van der Waals surface area contributed by atoms with Crippen LogP contribution >= 0.6 is 0 Å². The average Bonchev–Trinajstić information content (AvgIpc) is 3.53. The second-order valence-electron chi connectivity index (χ2n) is 16.5. The molecular weight excluding hydrogens is 811 g/mol. The van der Waals surface area contributed by atoms with E-state index in [2.05, 4.69) is 32.3 Å². The Hall–Kier alpha value is -5.57. The van der Waals surface area contributed by atoms with Crippen molar-refractivity contribution < 1.29 is 53.7 Å². The highest BCUT2D eigenvalue weighted by Crippen LogP contribution is 2.39. The van der Waals surface area contributed by atoms with E-state index < -0.39 is 49.2 Å². The lowest BCUT2D eigenvalue weighted by Gasteiger charge is -2.23. The maximum absolute atomic E-state index is 13.7. The van der Waals surface area contributed by atoms with Crippen molar-refractivity contribution in [1.29, 1.82) is 0 Å². The molecule has 0 radical (unpaired) electrons. The summed E-state index contributed by atoms with van der Waals surface area (Å²) < 4.78 is 34.8. The van der Waals surface area contributed by atoms with Crippen LogP contribution < -0.4 is 0 Å². The van der Waals surface area contributed by atoms with E-state index in [0.717, 1.165) is 61.4 Å². The number of halogens is 2. The van der Waals surface area contributed by atoms with Crippen LogP contribution in [0.4, 0.5) is 8.78 Å². The third-order valence-corrected chi connectivity index (χ3v) is 10.3. The van der Waals surface area contributed by atoms with Gasteiger partial charge in [-0.2, -0.15) is 0 Å². The molecule has 5 rings (SSSR count). The number of aliphatic carboxylic acids is 2. The molecule has 0 aliphatic heterocycles. The molecule has 6 N–H and O–H groups in total. The Kier molecular flexibility index (Phi) is 18.4. The van der Waals surface area contributed by atoms with E-state index in [4.69, 9.17) is 19.9 Å². The Morgan fingerprint density at radius 3 is 1.62 bits per heavy atom. The molecule has 0 aliphatic carbocycles. The summed E-state index contributed by atoms with van der Waals surface area (Å²) in [5.74, 6) is -2.70. The molecule has 338 valence electrons. The first-order valence-corrected chi connectivity index (χ1v) is 21.0. The van der Waals surface area contributed by atoms with Crippen LogP contribution in [-0.4, -0.2) is 83.7 Å². The van der Waals surface area contributed by atoms with Gasteiger partial charge in [0.25, 0.3) is 0 Å². The molecule has 0 saturated carbocycles. The molecule has 13 heteroatoms. The number of ether oxygens (including phenoxy) is 1. The van der Waals surface area contributed by atoms with Crippen molar-refractivity contribution in [3.05, 3.63) is 125 Å². The fourth-order valence-electron chi connectivity index (χ4n) is 7.62. The minimum Gasteiger partial charge on any atom is -0.481 e. The first kappa shape index (κ1) is 50.1. The number of rotatable bonds is 19. The Labute approximate surface area is 367 Å². The summed E-state index contributed by atoms with van der Waals surface area (Å²) in [4.78, 5) is 26.5. The Morgan fingerprint density at radius 2 is 1.16 bits per heavy atom. The van der Waals surface area contributed by atoms with Gasteiger partial charge < -0.3 is 39.9 Å². The quantitative estimate of drug-likeness (QED) is 0.0468. The summed E-state index contributed by atoms with van der Waals surface area (Å²) in [5, 5.41) is 59.0. The first-order valence-electron chi connectivity index (χ1n) is 21.0. The molecule has 0 aliphatic rings. The Morgan fingerprint density at radius 1 is 0.683 bits per heavy atom. The van der Waals surface area contributed by atoms with Crippen LogP contribution in [0.5, 0.6) is 0 Å². The third kappa shape index (κ3) is 13.7. The molecule has 2 aromatic heterocycles. The fraction of sp³-hybridized carbons (Fsp3) is 0.380. The van der Waals surface area contributed by atoms with Gasteiger partial charge in [0.05, 0.1) is 49.6 Å². The third-order valence-electron chi connectivity index (χ3n) is 10.3. The number of pyridine rings is 1. The van der Waals surface area contributed by atoms with Gasteiger partial charge in [0.1, 0.15) is 11.6 Å². The van der Waals surface area contributed by atoms with E-state index in [9.17, 15) is 38.8 Å². The number of aliphatic hydroxyl groups excluding tert-OH is 4. The van der Waals surface area contributed by atoms with Crippen molar-refractivity contribution >= 4 is 35.0 Å². The molecule has 3 aromatic carbocycles. The summed E-state index contributed by atoms with van der Waals surface area (Å²) >= 11 is 0. The largest absolute Gasteiger partial charge is 0.481 e. The molecule has 0 fully saturated rings. The smallest absolute Gasteiger partial charge is 0.305 e. The second kappa shape index (κ2) is 23.2. The van der Waals surface area contributed by atoms with Gasteiger partial charge in [-0.05, 0) is 78.8 Å².